The van der Waals surface area contributed by atoms with Crippen LogP contribution in [0.25, 0.3) is 0 Å². The maximum atomic E-state index is 12.1. The van der Waals surface area contributed by atoms with Gasteiger partial charge in [0.1, 0.15) is 12.4 Å². The Hall–Kier alpha value is -1.11. The zero-order chi connectivity index (χ0) is 14.4. The van der Waals surface area contributed by atoms with Gasteiger partial charge in [-0.25, -0.2) is 13.1 Å². The molecule has 1 aliphatic carbocycles. The molecule has 2 rings (SSSR count). The van der Waals surface area contributed by atoms with E-state index in [1.54, 1.807) is 24.3 Å². The number of ether oxygens (including phenoxy) is 1. The van der Waals surface area contributed by atoms with Crippen molar-refractivity contribution in [3.8, 4) is 5.75 Å². The van der Waals surface area contributed by atoms with Crippen LogP contribution in [-0.2, 0) is 10.0 Å². The molecule has 1 saturated carbocycles. The van der Waals surface area contributed by atoms with Crippen LogP contribution in [0.5, 0.6) is 5.75 Å². The highest BCUT2D eigenvalue weighted by Gasteiger charge is 2.21. The number of hydrogen-bond donors (Lipinski definition) is 2. The molecule has 1 aromatic carbocycles. The molecule has 20 heavy (non-hydrogen) atoms. The fourth-order valence-electron chi connectivity index (χ4n) is 1.99. The first-order valence-corrected chi connectivity index (χ1v) is 8.47. The van der Waals surface area contributed by atoms with E-state index in [2.05, 4.69) is 10.0 Å². The van der Waals surface area contributed by atoms with Gasteiger partial charge in [-0.05, 0) is 50.1 Å². The first kappa shape index (κ1) is 15.3. The van der Waals surface area contributed by atoms with Gasteiger partial charge in [0.15, 0.2) is 0 Å². The Morgan fingerprint density at radius 1 is 1.25 bits per heavy atom. The van der Waals surface area contributed by atoms with Crippen LogP contribution in [0.2, 0.25) is 0 Å². The van der Waals surface area contributed by atoms with Crippen molar-refractivity contribution in [2.45, 2.75) is 24.2 Å². The van der Waals surface area contributed by atoms with Gasteiger partial charge in [0.05, 0.1) is 4.90 Å². The molecule has 0 spiro atoms. The van der Waals surface area contributed by atoms with Crippen molar-refractivity contribution in [3.63, 3.8) is 0 Å². The summed E-state index contributed by atoms with van der Waals surface area (Å²) in [7, 11) is -1.54. The average molecular weight is 298 g/mol. The largest absolute Gasteiger partial charge is 0.492 e. The number of sulfonamides is 1. The van der Waals surface area contributed by atoms with Gasteiger partial charge < -0.3 is 10.1 Å². The van der Waals surface area contributed by atoms with E-state index in [0.717, 1.165) is 19.4 Å². The molecular weight excluding hydrogens is 276 g/mol. The van der Waals surface area contributed by atoms with Crippen molar-refractivity contribution in [1.82, 2.24) is 10.0 Å². The predicted octanol–water partition coefficient (Wildman–Crippen LogP) is 1.36. The zero-order valence-corrected chi connectivity index (χ0v) is 12.6. The lowest BCUT2D eigenvalue weighted by atomic mass is 9.86. The van der Waals surface area contributed by atoms with E-state index in [9.17, 15) is 8.42 Å². The Balaban J connectivity index is 1.89. The van der Waals surface area contributed by atoms with Gasteiger partial charge in [-0.15, -0.1) is 0 Å². The smallest absolute Gasteiger partial charge is 0.240 e. The second kappa shape index (κ2) is 7.06. The fourth-order valence-corrected chi connectivity index (χ4v) is 3.11. The Morgan fingerprint density at radius 3 is 2.50 bits per heavy atom. The summed E-state index contributed by atoms with van der Waals surface area (Å²) in [5.41, 5.74) is 0. The fraction of sp³-hybridized carbons (Fsp3) is 0.571. The summed E-state index contributed by atoms with van der Waals surface area (Å²) in [5.74, 6) is 1.19. The monoisotopic (exact) mass is 298 g/mol. The van der Waals surface area contributed by atoms with Gasteiger partial charge in [0.25, 0.3) is 0 Å². The summed E-state index contributed by atoms with van der Waals surface area (Å²) < 4.78 is 32.3. The zero-order valence-electron chi connectivity index (χ0n) is 11.8. The molecule has 0 aromatic heterocycles. The highest BCUT2D eigenvalue weighted by molar-refractivity contribution is 7.89. The van der Waals surface area contributed by atoms with Gasteiger partial charge in [-0.2, -0.15) is 0 Å². The third kappa shape index (κ3) is 4.19. The first-order valence-electron chi connectivity index (χ1n) is 6.99. The van der Waals surface area contributed by atoms with Crippen molar-refractivity contribution in [2.75, 3.05) is 26.7 Å². The second-order valence-electron chi connectivity index (χ2n) is 5.07. The molecule has 0 atom stereocenters. The van der Waals surface area contributed by atoms with Crippen molar-refractivity contribution in [3.05, 3.63) is 24.3 Å². The Morgan fingerprint density at radius 2 is 1.95 bits per heavy atom. The highest BCUT2D eigenvalue weighted by Crippen LogP contribution is 2.26. The third-order valence-electron chi connectivity index (χ3n) is 3.54. The van der Waals surface area contributed by atoms with E-state index < -0.39 is 10.0 Å². The number of nitrogens with one attached hydrogen (secondary N) is 2. The topological polar surface area (TPSA) is 67.4 Å². The average Bonchev–Trinajstić information content (AvgIpc) is 2.38. The molecular formula is C14H22N2O3S. The van der Waals surface area contributed by atoms with E-state index in [1.165, 1.54) is 6.42 Å². The van der Waals surface area contributed by atoms with Gasteiger partial charge in [0.2, 0.25) is 10.0 Å². The maximum absolute atomic E-state index is 12.1. The van der Waals surface area contributed by atoms with E-state index in [4.69, 9.17) is 4.74 Å². The Bertz CT molecular complexity index is 510. The lowest BCUT2D eigenvalue weighted by Gasteiger charge is -2.25. The summed E-state index contributed by atoms with van der Waals surface area (Å²) >= 11 is 0. The van der Waals surface area contributed by atoms with Crippen LogP contribution in [-0.4, -0.2) is 35.2 Å². The second-order valence-corrected chi connectivity index (χ2v) is 6.84. The minimum atomic E-state index is -3.39. The van der Waals surface area contributed by atoms with Crippen LogP contribution in [0.15, 0.2) is 29.2 Å². The Labute approximate surface area is 120 Å². The molecule has 0 heterocycles. The summed E-state index contributed by atoms with van der Waals surface area (Å²) in [6.45, 7) is 1.86. The molecule has 5 nitrogen and oxygen atoms in total. The SMILES string of the molecule is CNCCOc1ccc(S(=O)(=O)NCC2CCC2)cc1. The quantitative estimate of drug-likeness (QED) is 0.711. The normalized spacial score (nSPS) is 15.8. The van der Waals surface area contributed by atoms with E-state index >= 15 is 0 Å². The van der Waals surface area contributed by atoms with E-state index in [0.29, 0.717) is 24.8 Å². The standard InChI is InChI=1S/C14H22N2O3S/c1-15-9-10-19-13-5-7-14(8-6-13)20(17,18)16-11-12-3-2-4-12/h5-8,12,15-16H,2-4,9-11H2,1H3. The van der Waals surface area contributed by atoms with Crippen molar-refractivity contribution >= 4 is 10.0 Å². The molecule has 1 aromatic rings. The van der Waals surface area contributed by atoms with Crippen molar-refractivity contribution in [2.24, 2.45) is 5.92 Å². The number of rotatable bonds is 8. The molecule has 1 fully saturated rings. The minimum Gasteiger partial charge on any atom is -0.492 e. The molecule has 0 amide bonds. The lowest BCUT2D eigenvalue weighted by Crippen LogP contribution is -2.32. The predicted molar refractivity (Wildman–Crippen MR) is 78.4 cm³/mol. The lowest BCUT2D eigenvalue weighted by molar-refractivity contribution is 0.316. The molecule has 0 radical (unpaired) electrons. The third-order valence-corrected chi connectivity index (χ3v) is 4.98. The first-order chi connectivity index (χ1) is 9.62. The van der Waals surface area contributed by atoms with Crippen molar-refractivity contribution in [1.29, 1.82) is 0 Å². The van der Waals surface area contributed by atoms with Crippen LogP contribution in [0.1, 0.15) is 19.3 Å². The molecule has 0 aliphatic heterocycles. The molecule has 112 valence electrons. The summed E-state index contributed by atoms with van der Waals surface area (Å²) in [5, 5.41) is 2.98. The van der Waals surface area contributed by atoms with E-state index in [1.807, 2.05) is 7.05 Å². The number of hydrogen-bond acceptors (Lipinski definition) is 4. The van der Waals surface area contributed by atoms with Crippen molar-refractivity contribution < 1.29 is 13.2 Å². The molecule has 0 bridgehead atoms. The van der Waals surface area contributed by atoms with Crippen LogP contribution in [0.3, 0.4) is 0 Å². The van der Waals surface area contributed by atoms with Crippen LogP contribution < -0.4 is 14.8 Å². The molecule has 6 heteroatoms. The van der Waals surface area contributed by atoms with Gasteiger partial charge in [-0.1, -0.05) is 6.42 Å². The molecule has 2 N–H and O–H groups in total. The minimum absolute atomic E-state index is 0.290. The summed E-state index contributed by atoms with van der Waals surface area (Å²) in [6.07, 6.45) is 3.46. The van der Waals surface area contributed by atoms with Crippen LogP contribution in [0.4, 0.5) is 0 Å². The molecule has 1 aliphatic rings. The number of benzene rings is 1. The molecule has 0 unspecified atom stereocenters. The highest BCUT2D eigenvalue weighted by atomic mass is 32.2. The van der Waals surface area contributed by atoms with Gasteiger partial charge in [0, 0.05) is 13.1 Å². The molecule has 0 saturated heterocycles. The Kier molecular flexibility index (Phi) is 5.39. The van der Waals surface area contributed by atoms with E-state index in [-0.39, 0.29) is 4.90 Å². The number of likely N-dealkylation sites (N-methyl/N-ethyl adjacent to an activating group) is 1. The summed E-state index contributed by atoms with van der Waals surface area (Å²) in [4.78, 5) is 0.290. The van der Waals surface area contributed by atoms with Gasteiger partial charge >= 0.3 is 0 Å². The van der Waals surface area contributed by atoms with Gasteiger partial charge in [-0.3, -0.25) is 0 Å². The van der Waals surface area contributed by atoms with Crippen LogP contribution >= 0.6 is 0 Å². The van der Waals surface area contributed by atoms with Crippen LogP contribution in [0, 0.1) is 5.92 Å². The summed E-state index contributed by atoms with van der Waals surface area (Å²) in [6, 6.07) is 6.54. The maximum Gasteiger partial charge on any atom is 0.240 e.